The van der Waals surface area contributed by atoms with E-state index in [-0.39, 0.29) is 5.60 Å². The van der Waals surface area contributed by atoms with Crippen molar-refractivity contribution >= 4 is 0 Å². The fraction of sp³-hybridized carbons (Fsp3) is 1.00. The Kier molecular flexibility index (Phi) is 1.56. The highest BCUT2D eigenvalue weighted by molar-refractivity contribution is 5.07. The average molecular weight is 182 g/mol. The monoisotopic (exact) mass is 182 g/mol. The first-order chi connectivity index (χ1) is 6.22. The summed E-state index contributed by atoms with van der Waals surface area (Å²) >= 11 is 0. The van der Waals surface area contributed by atoms with Gasteiger partial charge in [0.05, 0.1) is 5.60 Å². The predicted octanol–water partition coefficient (Wildman–Crippen LogP) is 0.892. The smallest absolute Gasteiger partial charge is 0.0712 e. The molecular formula is C10H18N2O. The molecule has 2 saturated carbocycles. The third-order valence-electron chi connectivity index (χ3n) is 4.36. The first kappa shape index (κ1) is 8.21. The van der Waals surface area contributed by atoms with Crippen LogP contribution in [0.3, 0.4) is 0 Å². The lowest BCUT2D eigenvalue weighted by Gasteiger charge is -2.59. The second kappa shape index (κ2) is 2.47. The average Bonchev–Trinajstić information content (AvgIpc) is 2.13. The van der Waals surface area contributed by atoms with Crippen molar-refractivity contribution in [2.45, 2.75) is 49.8 Å². The van der Waals surface area contributed by atoms with Crippen LogP contribution in [-0.2, 0) is 4.74 Å². The van der Waals surface area contributed by atoms with Crippen molar-refractivity contribution in [3.63, 3.8) is 0 Å². The van der Waals surface area contributed by atoms with Gasteiger partial charge in [-0.25, -0.2) is 5.01 Å². The third-order valence-corrected chi connectivity index (χ3v) is 4.36. The van der Waals surface area contributed by atoms with Gasteiger partial charge in [-0.3, -0.25) is 5.84 Å². The summed E-state index contributed by atoms with van der Waals surface area (Å²) in [6, 6.07) is 1.21. The molecule has 0 radical (unpaired) electrons. The van der Waals surface area contributed by atoms with Crippen molar-refractivity contribution in [3.05, 3.63) is 0 Å². The molecular weight excluding hydrogens is 164 g/mol. The van der Waals surface area contributed by atoms with Gasteiger partial charge >= 0.3 is 0 Å². The lowest BCUT2D eigenvalue weighted by atomic mass is 9.61. The van der Waals surface area contributed by atoms with Gasteiger partial charge in [0.1, 0.15) is 0 Å². The molecule has 13 heavy (non-hydrogen) atoms. The van der Waals surface area contributed by atoms with E-state index in [0.29, 0.717) is 12.1 Å². The van der Waals surface area contributed by atoms with Gasteiger partial charge in [0.25, 0.3) is 0 Å². The van der Waals surface area contributed by atoms with E-state index in [4.69, 9.17) is 10.6 Å². The van der Waals surface area contributed by atoms with Crippen LogP contribution in [0.25, 0.3) is 0 Å². The second-order valence-corrected chi connectivity index (χ2v) is 5.09. The van der Waals surface area contributed by atoms with Crippen LogP contribution in [-0.4, -0.2) is 29.8 Å². The molecule has 3 heteroatoms. The molecule has 3 nitrogen and oxygen atoms in total. The van der Waals surface area contributed by atoms with Gasteiger partial charge in [0.2, 0.25) is 0 Å². The van der Waals surface area contributed by atoms with E-state index in [1.54, 1.807) is 0 Å². The number of hydrogen-bond acceptors (Lipinski definition) is 3. The molecule has 4 fully saturated rings. The van der Waals surface area contributed by atoms with Crippen LogP contribution in [0.15, 0.2) is 0 Å². The summed E-state index contributed by atoms with van der Waals surface area (Å²) in [5.74, 6) is 6.94. The molecule has 4 rings (SSSR count). The van der Waals surface area contributed by atoms with Crippen LogP contribution in [0.1, 0.15) is 32.1 Å². The Labute approximate surface area is 79.2 Å². The van der Waals surface area contributed by atoms with Gasteiger partial charge in [0.15, 0.2) is 0 Å². The van der Waals surface area contributed by atoms with Gasteiger partial charge in [-0.2, -0.15) is 0 Å². The summed E-state index contributed by atoms with van der Waals surface area (Å²) in [4.78, 5) is 0. The fourth-order valence-corrected chi connectivity index (χ4v) is 3.84. The highest BCUT2D eigenvalue weighted by Gasteiger charge is 2.54. The summed E-state index contributed by atoms with van der Waals surface area (Å²) in [6.45, 7) is 0. The number of methoxy groups -OCH3 is 1. The van der Waals surface area contributed by atoms with Crippen LogP contribution in [0.5, 0.6) is 0 Å². The summed E-state index contributed by atoms with van der Waals surface area (Å²) in [7, 11) is 1.87. The lowest BCUT2D eigenvalue weighted by Crippen LogP contribution is -2.66. The molecule has 2 aliphatic carbocycles. The number of hydrazine groups is 1. The molecule has 74 valence electrons. The number of rotatable bonds is 1. The molecule has 2 aliphatic heterocycles. The molecule has 0 aromatic rings. The minimum absolute atomic E-state index is 0.201. The Bertz CT molecular complexity index is 215. The third kappa shape index (κ3) is 1.01. The van der Waals surface area contributed by atoms with Crippen molar-refractivity contribution in [1.82, 2.24) is 5.01 Å². The molecule has 2 heterocycles. The minimum atomic E-state index is 0.201. The van der Waals surface area contributed by atoms with E-state index >= 15 is 0 Å². The van der Waals surface area contributed by atoms with Gasteiger partial charge in [0, 0.05) is 19.2 Å². The van der Waals surface area contributed by atoms with Crippen molar-refractivity contribution in [2.75, 3.05) is 7.11 Å². The summed E-state index contributed by atoms with van der Waals surface area (Å²) in [5, 5.41) is 2.10. The van der Waals surface area contributed by atoms with Crippen molar-refractivity contribution in [2.24, 2.45) is 11.8 Å². The maximum Gasteiger partial charge on any atom is 0.0712 e. The molecule has 4 aliphatic rings. The second-order valence-electron chi connectivity index (χ2n) is 5.09. The number of ether oxygens (including phenoxy) is 1. The Morgan fingerprint density at radius 2 is 1.85 bits per heavy atom. The van der Waals surface area contributed by atoms with E-state index in [0.717, 1.165) is 18.8 Å². The Hall–Kier alpha value is -0.120. The summed E-state index contributed by atoms with van der Waals surface area (Å²) < 4.78 is 5.72. The number of piperidine rings is 2. The minimum Gasteiger partial charge on any atom is -0.378 e. The zero-order valence-electron chi connectivity index (χ0n) is 8.20. The van der Waals surface area contributed by atoms with Crippen LogP contribution >= 0.6 is 0 Å². The predicted molar refractivity (Wildman–Crippen MR) is 49.9 cm³/mol. The number of nitrogens with two attached hydrogens (primary N) is 1. The van der Waals surface area contributed by atoms with E-state index in [2.05, 4.69) is 5.01 Å². The number of nitrogens with zero attached hydrogens (tertiary/aromatic N) is 1. The van der Waals surface area contributed by atoms with Crippen molar-refractivity contribution in [1.29, 1.82) is 0 Å². The van der Waals surface area contributed by atoms with E-state index in [1.165, 1.54) is 19.3 Å². The lowest BCUT2D eigenvalue weighted by molar-refractivity contribution is -0.173. The largest absolute Gasteiger partial charge is 0.378 e. The van der Waals surface area contributed by atoms with Gasteiger partial charge in [-0.15, -0.1) is 0 Å². The fourth-order valence-electron chi connectivity index (χ4n) is 3.84. The standard InChI is InChI=1S/C10H18N2O/c1-13-10-4-7-2-8(5-10)12(11)9(3-7)6-10/h7-9H,2-6,11H2,1H3. The SMILES string of the molecule is COC12CC3CC(C1)N(N)C(C3)C2. The van der Waals surface area contributed by atoms with Crippen molar-refractivity contribution < 1.29 is 4.74 Å². The molecule has 0 amide bonds. The highest BCUT2D eigenvalue weighted by Crippen LogP contribution is 2.51. The van der Waals surface area contributed by atoms with E-state index < -0.39 is 0 Å². The molecule has 2 saturated heterocycles. The number of hydrogen-bond donors (Lipinski definition) is 1. The van der Waals surface area contributed by atoms with E-state index in [9.17, 15) is 0 Å². The van der Waals surface area contributed by atoms with Gasteiger partial charge in [-0.05, 0) is 38.0 Å². The normalized spacial score (nSPS) is 54.5. The first-order valence-corrected chi connectivity index (χ1v) is 5.31. The topological polar surface area (TPSA) is 38.5 Å². The van der Waals surface area contributed by atoms with Crippen LogP contribution in [0, 0.1) is 5.92 Å². The quantitative estimate of drug-likeness (QED) is 0.612. The maximum absolute atomic E-state index is 6.06. The Morgan fingerprint density at radius 1 is 1.23 bits per heavy atom. The van der Waals surface area contributed by atoms with Crippen LogP contribution in [0.2, 0.25) is 0 Å². The molecule has 2 atom stereocenters. The summed E-state index contributed by atoms with van der Waals surface area (Å²) in [5.41, 5.74) is 0.201. The van der Waals surface area contributed by atoms with Gasteiger partial charge in [-0.1, -0.05) is 0 Å². The zero-order valence-corrected chi connectivity index (χ0v) is 8.20. The van der Waals surface area contributed by atoms with Crippen LogP contribution < -0.4 is 5.84 Å². The van der Waals surface area contributed by atoms with Crippen LogP contribution in [0.4, 0.5) is 0 Å². The van der Waals surface area contributed by atoms with Crippen molar-refractivity contribution in [3.8, 4) is 0 Å². The highest BCUT2D eigenvalue weighted by atomic mass is 16.5. The Balaban J connectivity index is 1.92. The zero-order chi connectivity index (χ0) is 9.05. The first-order valence-electron chi connectivity index (χ1n) is 5.31. The molecule has 0 spiro atoms. The molecule has 4 bridgehead atoms. The molecule has 0 aromatic heterocycles. The van der Waals surface area contributed by atoms with Gasteiger partial charge < -0.3 is 4.74 Å². The maximum atomic E-state index is 6.06. The molecule has 2 N–H and O–H groups in total. The molecule has 2 unspecified atom stereocenters. The Morgan fingerprint density at radius 3 is 2.38 bits per heavy atom. The summed E-state index contributed by atoms with van der Waals surface area (Å²) in [6.07, 6.45) is 6.21. The molecule has 0 aromatic carbocycles. The van der Waals surface area contributed by atoms with E-state index in [1.807, 2.05) is 7.11 Å².